The summed E-state index contributed by atoms with van der Waals surface area (Å²) in [6, 6.07) is 19.9. The molecule has 1 unspecified atom stereocenters. The molecule has 4 aromatic rings. The maximum Gasteiger partial charge on any atom is 0.416 e. The summed E-state index contributed by atoms with van der Waals surface area (Å²) in [6.45, 7) is 1.52. The van der Waals surface area contributed by atoms with Crippen molar-refractivity contribution in [1.82, 2.24) is 9.55 Å². The van der Waals surface area contributed by atoms with Crippen molar-refractivity contribution in [3.05, 3.63) is 89.2 Å². The zero-order chi connectivity index (χ0) is 26.0. The number of benzene rings is 3. The fourth-order valence-corrected chi connectivity index (χ4v) is 4.84. The maximum absolute atomic E-state index is 13.2. The smallest absolute Gasteiger partial charge is 0.416 e. The minimum Gasteiger partial charge on any atom is -0.494 e. The third-order valence-electron chi connectivity index (χ3n) is 6.52. The molecule has 5 nitrogen and oxygen atoms in total. The Hall–Kier alpha value is -3.52. The van der Waals surface area contributed by atoms with Crippen molar-refractivity contribution in [2.45, 2.75) is 37.9 Å². The number of nitrogens with zero attached hydrogens (tertiary/aromatic N) is 3. The summed E-state index contributed by atoms with van der Waals surface area (Å²) in [6.07, 6.45) is -2.63. The number of carbonyl (C=O) groups is 1. The largest absolute Gasteiger partial charge is 0.494 e. The summed E-state index contributed by atoms with van der Waals surface area (Å²) in [4.78, 5) is 19.1. The Morgan fingerprint density at radius 3 is 2.57 bits per heavy atom. The number of hydrogen-bond donors (Lipinski definition) is 0. The van der Waals surface area contributed by atoms with Gasteiger partial charge in [-0.15, -0.1) is 0 Å². The normalized spacial score (nSPS) is 16.1. The Morgan fingerprint density at radius 1 is 1.00 bits per heavy atom. The number of imidazole rings is 1. The van der Waals surface area contributed by atoms with Crippen molar-refractivity contribution in [3.63, 3.8) is 0 Å². The summed E-state index contributed by atoms with van der Waals surface area (Å²) in [5, 5.41) is 0.656. The second-order valence-corrected chi connectivity index (χ2v) is 9.51. The van der Waals surface area contributed by atoms with Crippen LogP contribution in [0.2, 0.25) is 5.02 Å². The number of anilines is 1. The van der Waals surface area contributed by atoms with Crippen molar-refractivity contribution in [3.8, 4) is 5.75 Å². The van der Waals surface area contributed by atoms with E-state index in [4.69, 9.17) is 21.3 Å². The van der Waals surface area contributed by atoms with Crippen molar-refractivity contribution in [2.24, 2.45) is 0 Å². The Labute approximate surface area is 217 Å². The van der Waals surface area contributed by atoms with Crippen LogP contribution in [0.15, 0.2) is 72.8 Å². The molecule has 0 spiro atoms. The van der Waals surface area contributed by atoms with Crippen molar-refractivity contribution in [1.29, 1.82) is 0 Å². The number of carbonyl (C=O) groups excluding carboxylic acids is 1. The molecule has 37 heavy (non-hydrogen) atoms. The minimum absolute atomic E-state index is 0.194. The SMILES string of the molecule is O=C1CC(c2nc3ccccc3n2CCCCOc2ccc(Cl)cc2)CN1c1cccc(C(F)(F)F)c1. The van der Waals surface area contributed by atoms with E-state index in [0.717, 1.165) is 47.6 Å². The van der Waals surface area contributed by atoms with Crippen LogP contribution in [0.3, 0.4) is 0 Å². The lowest BCUT2D eigenvalue weighted by atomic mass is 10.1. The van der Waals surface area contributed by atoms with Crippen LogP contribution in [0.1, 0.15) is 36.6 Å². The number of alkyl halides is 3. The van der Waals surface area contributed by atoms with Gasteiger partial charge in [0.25, 0.3) is 0 Å². The van der Waals surface area contributed by atoms with E-state index in [1.165, 1.54) is 11.0 Å². The fourth-order valence-electron chi connectivity index (χ4n) is 4.71. The molecule has 1 aromatic heterocycles. The number of amides is 1. The van der Waals surface area contributed by atoms with E-state index in [0.29, 0.717) is 18.2 Å². The summed E-state index contributed by atoms with van der Waals surface area (Å²) in [7, 11) is 0. The molecule has 0 radical (unpaired) electrons. The summed E-state index contributed by atoms with van der Waals surface area (Å²) < 4.78 is 47.6. The Kier molecular flexibility index (Phi) is 7.11. The third kappa shape index (κ3) is 5.59. The molecule has 0 N–H and O–H groups in total. The highest BCUT2D eigenvalue weighted by atomic mass is 35.5. The van der Waals surface area contributed by atoms with Crippen molar-refractivity contribution < 1.29 is 22.7 Å². The number of unbranched alkanes of at least 4 members (excludes halogenated alkanes) is 1. The molecule has 9 heteroatoms. The number of para-hydroxylation sites is 2. The zero-order valence-corrected chi connectivity index (χ0v) is 20.7. The summed E-state index contributed by atoms with van der Waals surface area (Å²) in [5.74, 6) is 1.11. The zero-order valence-electron chi connectivity index (χ0n) is 19.9. The standard InChI is InChI=1S/C28H25ClF3N3O2/c29-21-10-12-23(13-11-21)37-15-4-3-14-34-25-9-2-1-8-24(25)33-27(34)19-16-26(36)35(18-19)22-7-5-6-20(17-22)28(30,31)32/h1-2,5-13,17,19H,3-4,14-16,18H2. The Balaban J connectivity index is 1.30. The number of aromatic nitrogens is 2. The van der Waals surface area contributed by atoms with Gasteiger partial charge in [-0.2, -0.15) is 13.2 Å². The molecule has 2 heterocycles. The second kappa shape index (κ2) is 10.5. The van der Waals surface area contributed by atoms with Crippen LogP contribution in [0.4, 0.5) is 18.9 Å². The molecule has 5 rings (SSSR count). The van der Waals surface area contributed by atoms with E-state index in [1.807, 2.05) is 36.4 Å². The van der Waals surface area contributed by atoms with Crippen molar-refractivity contribution >= 4 is 34.2 Å². The van der Waals surface area contributed by atoms with E-state index in [1.54, 1.807) is 18.2 Å². The first-order valence-corrected chi connectivity index (χ1v) is 12.5. The topological polar surface area (TPSA) is 47.4 Å². The molecular formula is C28H25ClF3N3O2. The quantitative estimate of drug-likeness (QED) is 0.230. The Bertz CT molecular complexity index is 1400. The molecule has 1 fully saturated rings. The molecule has 0 bridgehead atoms. The van der Waals surface area contributed by atoms with Gasteiger partial charge in [-0.1, -0.05) is 29.8 Å². The van der Waals surface area contributed by atoms with Gasteiger partial charge >= 0.3 is 6.18 Å². The van der Waals surface area contributed by atoms with Crippen LogP contribution in [-0.2, 0) is 17.5 Å². The van der Waals surface area contributed by atoms with Crippen LogP contribution < -0.4 is 9.64 Å². The average Bonchev–Trinajstić information content (AvgIpc) is 3.45. The van der Waals surface area contributed by atoms with E-state index in [2.05, 4.69) is 4.57 Å². The molecule has 0 saturated carbocycles. The van der Waals surface area contributed by atoms with Gasteiger partial charge in [0.1, 0.15) is 11.6 Å². The number of aryl methyl sites for hydroxylation is 1. The van der Waals surface area contributed by atoms with Gasteiger partial charge in [-0.05, 0) is 67.4 Å². The first-order valence-electron chi connectivity index (χ1n) is 12.1. The van der Waals surface area contributed by atoms with E-state index in [-0.39, 0.29) is 30.5 Å². The lowest BCUT2D eigenvalue weighted by Gasteiger charge is -2.19. The molecule has 192 valence electrons. The van der Waals surface area contributed by atoms with E-state index in [9.17, 15) is 18.0 Å². The molecule has 1 saturated heterocycles. The molecular weight excluding hydrogens is 503 g/mol. The highest BCUT2D eigenvalue weighted by Gasteiger charge is 2.36. The lowest BCUT2D eigenvalue weighted by Crippen LogP contribution is -2.25. The van der Waals surface area contributed by atoms with Gasteiger partial charge < -0.3 is 14.2 Å². The highest BCUT2D eigenvalue weighted by Crippen LogP contribution is 2.36. The molecule has 1 atom stereocenters. The molecule has 1 aliphatic rings. The molecule has 3 aromatic carbocycles. The number of halogens is 4. The van der Waals surface area contributed by atoms with Gasteiger partial charge in [-0.25, -0.2) is 4.98 Å². The number of rotatable bonds is 8. The summed E-state index contributed by atoms with van der Waals surface area (Å²) >= 11 is 5.91. The first-order chi connectivity index (χ1) is 17.8. The second-order valence-electron chi connectivity index (χ2n) is 9.07. The molecule has 1 amide bonds. The maximum atomic E-state index is 13.2. The third-order valence-corrected chi connectivity index (χ3v) is 6.77. The monoisotopic (exact) mass is 527 g/mol. The van der Waals surface area contributed by atoms with E-state index < -0.39 is 11.7 Å². The predicted octanol–water partition coefficient (Wildman–Crippen LogP) is 7.09. The first kappa shape index (κ1) is 25.1. The fraction of sp³-hybridized carbons (Fsp3) is 0.286. The number of hydrogen-bond acceptors (Lipinski definition) is 3. The van der Waals surface area contributed by atoms with Gasteiger partial charge in [0.15, 0.2) is 0 Å². The van der Waals surface area contributed by atoms with Crippen LogP contribution in [0.5, 0.6) is 5.75 Å². The highest BCUT2D eigenvalue weighted by molar-refractivity contribution is 6.30. The minimum atomic E-state index is -4.47. The van der Waals surface area contributed by atoms with Crippen LogP contribution in [-0.4, -0.2) is 28.6 Å². The van der Waals surface area contributed by atoms with Gasteiger partial charge in [0.2, 0.25) is 5.91 Å². The number of fused-ring (bicyclic) bond motifs is 1. The van der Waals surface area contributed by atoms with Crippen LogP contribution in [0, 0.1) is 0 Å². The van der Waals surface area contributed by atoms with Crippen LogP contribution >= 0.6 is 11.6 Å². The molecule has 0 aliphatic carbocycles. The van der Waals surface area contributed by atoms with E-state index >= 15 is 0 Å². The predicted molar refractivity (Wildman–Crippen MR) is 137 cm³/mol. The Morgan fingerprint density at radius 2 is 1.78 bits per heavy atom. The van der Waals surface area contributed by atoms with Crippen LogP contribution in [0.25, 0.3) is 11.0 Å². The van der Waals surface area contributed by atoms with Gasteiger partial charge in [-0.3, -0.25) is 4.79 Å². The lowest BCUT2D eigenvalue weighted by molar-refractivity contribution is -0.137. The number of ether oxygens (including phenoxy) is 1. The van der Waals surface area contributed by atoms with Gasteiger partial charge in [0, 0.05) is 36.1 Å². The summed E-state index contributed by atoms with van der Waals surface area (Å²) in [5.41, 5.74) is 1.29. The average molecular weight is 528 g/mol. The van der Waals surface area contributed by atoms with Crippen molar-refractivity contribution in [2.75, 3.05) is 18.1 Å². The molecule has 1 aliphatic heterocycles. The van der Waals surface area contributed by atoms with Gasteiger partial charge in [0.05, 0.1) is 23.2 Å².